The molecule has 1 aromatic rings. The molecule has 0 aliphatic rings. The lowest BCUT2D eigenvalue weighted by molar-refractivity contribution is 0.702. The van der Waals surface area contributed by atoms with Crippen LogP contribution in [0.3, 0.4) is 0 Å². The molecule has 1 heterocycles. The van der Waals surface area contributed by atoms with Crippen LogP contribution in [0.1, 0.15) is 32.5 Å². The number of rotatable bonds is 6. The molecule has 1 atom stereocenters. The van der Waals surface area contributed by atoms with Crippen molar-refractivity contribution in [1.29, 1.82) is 0 Å². The quantitative estimate of drug-likeness (QED) is 0.755. The number of nitrogens with zero attached hydrogens (tertiary/aromatic N) is 2. The molecule has 0 bridgehead atoms. The minimum absolute atomic E-state index is 0.317. The number of anilines is 1. The van der Waals surface area contributed by atoms with Crippen LogP contribution in [-0.4, -0.2) is 21.9 Å². The summed E-state index contributed by atoms with van der Waals surface area (Å²) in [4.78, 5) is 4.38. The average molecular weight is 214 g/mol. The van der Waals surface area contributed by atoms with Gasteiger partial charge in [0.25, 0.3) is 0 Å². The van der Waals surface area contributed by atoms with Crippen LogP contribution in [0, 0.1) is 0 Å². The van der Waals surface area contributed by atoms with Crippen molar-refractivity contribution in [1.82, 2.24) is 9.36 Å². The van der Waals surface area contributed by atoms with Crippen molar-refractivity contribution >= 4 is 16.7 Å². The fraction of sp³-hybridized carbons (Fsp3) is 0.778. The molecule has 1 rings (SSSR count). The van der Waals surface area contributed by atoms with Crippen LogP contribution in [0.2, 0.25) is 0 Å². The summed E-state index contributed by atoms with van der Waals surface area (Å²) in [6, 6.07) is 0.317. The number of nitrogens with two attached hydrogens (primary N) is 1. The standard InChI is InChI=1S/C9H18N4S/c1-3-5-8-12-9(14-13-8)11-7(4-2)6-10/h7H,3-6,10H2,1-2H3,(H,11,12,13). The van der Waals surface area contributed by atoms with Gasteiger partial charge < -0.3 is 11.1 Å². The fourth-order valence-electron chi connectivity index (χ4n) is 1.14. The third-order valence-electron chi connectivity index (χ3n) is 2.05. The van der Waals surface area contributed by atoms with E-state index < -0.39 is 0 Å². The van der Waals surface area contributed by atoms with Gasteiger partial charge in [-0.05, 0) is 12.8 Å². The molecule has 14 heavy (non-hydrogen) atoms. The highest BCUT2D eigenvalue weighted by atomic mass is 32.1. The summed E-state index contributed by atoms with van der Waals surface area (Å²) in [6.45, 7) is 4.88. The fourth-order valence-corrected chi connectivity index (χ4v) is 1.83. The van der Waals surface area contributed by atoms with Crippen LogP contribution < -0.4 is 11.1 Å². The van der Waals surface area contributed by atoms with Gasteiger partial charge in [0.2, 0.25) is 5.13 Å². The summed E-state index contributed by atoms with van der Waals surface area (Å²) < 4.78 is 4.25. The lowest BCUT2D eigenvalue weighted by Gasteiger charge is -2.12. The molecule has 0 aliphatic carbocycles. The van der Waals surface area contributed by atoms with Gasteiger partial charge in [0.1, 0.15) is 5.82 Å². The molecule has 0 aliphatic heterocycles. The van der Waals surface area contributed by atoms with Gasteiger partial charge in [0.05, 0.1) is 0 Å². The molecule has 5 heteroatoms. The van der Waals surface area contributed by atoms with Crippen molar-refractivity contribution in [3.63, 3.8) is 0 Å². The molecule has 1 aromatic heterocycles. The highest BCUT2D eigenvalue weighted by Gasteiger charge is 2.07. The van der Waals surface area contributed by atoms with Crippen molar-refractivity contribution in [2.75, 3.05) is 11.9 Å². The molecule has 0 amide bonds. The zero-order chi connectivity index (χ0) is 10.4. The molecular weight excluding hydrogens is 196 g/mol. The van der Waals surface area contributed by atoms with Crippen LogP contribution in [0.15, 0.2) is 0 Å². The number of hydrogen-bond donors (Lipinski definition) is 2. The largest absolute Gasteiger partial charge is 0.356 e. The topological polar surface area (TPSA) is 63.8 Å². The molecular formula is C9H18N4S. The van der Waals surface area contributed by atoms with Gasteiger partial charge in [-0.2, -0.15) is 4.37 Å². The van der Waals surface area contributed by atoms with Gasteiger partial charge in [-0.1, -0.05) is 13.8 Å². The molecule has 0 aromatic carbocycles. The third kappa shape index (κ3) is 3.23. The van der Waals surface area contributed by atoms with E-state index in [4.69, 9.17) is 5.73 Å². The summed E-state index contributed by atoms with van der Waals surface area (Å²) in [5, 5.41) is 4.17. The van der Waals surface area contributed by atoms with Crippen molar-refractivity contribution in [3.8, 4) is 0 Å². The summed E-state index contributed by atoms with van der Waals surface area (Å²) in [5.74, 6) is 0.937. The lowest BCUT2D eigenvalue weighted by Crippen LogP contribution is -2.27. The summed E-state index contributed by atoms with van der Waals surface area (Å²) in [7, 11) is 0. The third-order valence-corrected chi connectivity index (χ3v) is 2.73. The number of aryl methyl sites for hydroxylation is 1. The second kappa shape index (κ2) is 5.93. The van der Waals surface area contributed by atoms with Crippen LogP contribution in [0.25, 0.3) is 0 Å². The molecule has 0 saturated heterocycles. The van der Waals surface area contributed by atoms with E-state index in [0.29, 0.717) is 12.6 Å². The van der Waals surface area contributed by atoms with Crippen molar-refractivity contribution in [2.24, 2.45) is 5.73 Å². The van der Waals surface area contributed by atoms with Crippen LogP contribution in [-0.2, 0) is 6.42 Å². The van der Waals surface area contributed by atoms with Crippen LogP contribution in [0.5, 0.6) is 0 Å². The number of aromatic nitrogens is 2. The first-order valence-electron chi connectivity index (χ1n) is 5.09. The smallest absolute Gasteiger partial charge is 0.202 e. The number of nitrogens with one attached hydrogen (secondary N) is 1. The Morgan fingerprint density at radius 1 is 1.50 bits per heavy atom. The lowest BCUT2D eigenvalue weighted by atomic mass is 10.2. The van der Waals surface area contributed by atoms with E-state index in [1.807, 2.05) is 0 Å². The Morgan fingerprint density at radius 3 is 2.86 bits per heavy atom. The minimum Gasteiger partial charge on any atom is -0.356 e. The van der Waals surface area contributed by atoms with E-state index >= 15 is 0 Å². The second-order valence-electron chi connectivity index (χ2n) is 3.25. The Hall–Kier alpha value is -0.680. The molecule has 0 radical (unpaired) electrons. The first-order chi connectivity index (χ1) is 6.80. The van der Waals surface area contributed by atoms with Gasteiger partial charge in [-0.25, -0.2) is 4.98 Å². The van der Waals surface area contributed by atoms with E-state index in [1.165, 1.54) is 11.5 Å². The van der Waals surface area contributed by atoms with E-state index in [1.54, 1.807) is 0 Å². The zero-order valence-electron chi connectivity index (χ0n) is 8.79. The predicted molar refractivity (Wildman–Crippen MR) is 60.7 cm³/mol. The minimum atomic E-state index is 0.317. The summed E-state index contributed by atoms with van der Waals surface area (Å²) in [5.41, 5.74) is 5.59. The first-order valence-corrected chi connectivity index (χ1v) is 5.86. The van der Waals surface area contributed by atoms with Crippen LogP contribution in [0.4, 0.5) is 5.13 Å². The molecule has 0 saturated carbocycles. The van der Waals surface area contributed by atoms with Gasteiger partial charge in [0.15, 0.2) is 0 Å². The van der Waals surface area contributed by atoms with Crippen molar-refractivity contribution < 1.29 is 0 Å². The van der Waals surface area contributed by atoms with Gasteiger partial charge in [0, 0.05) is 30.5 Å². The van der Waals surface area contributed by atoms with Crippen molar-refractivity contribution in [2.45, 2.75) is 39.2 Å². The number of hydrogen-bond acceptors (Lipinski definition) is 5. The predicted octanol–water partition coefficient (Wildman–Crippen LogP) is 1.64. The Balaban J connectivity index is 2.49. The monoisotopic (exact) mass is 214 g/mol. The first kappa shape index (κ1) is 11.4. The Bertz CT molecular complexity index is 257. The summed E-state index contributed by atoms with van der Waals surface area (Å²) in [6.07, 6.45) is 3.06. The van der Waals surface area contributed by atoms with Gasteiger partial charge in [-0.15, -0.1) is 0 Å². The molecule has 4 nitrogen and oxygen atoms in total. The summed E-state index contributed by atoms with van der Waals surface area (Å²) >= 11 is 1.42. The molecule has 0 spiro atoms. The van der Waals surface area contributed by atoms with Gasteiger partial charge >= 0.3 is 0 Å². The van der Waals surface area contributed by atoms with E-state index in [0.717, 1.165) is 30.2 Å². The zero-order valence-corrected chi connectivity index (χ0v) is 9.60. The average Bonchev–Trinajstić information content (AvgIpc) is 2.63. The Morgan fingerprint density at radius 2 is 2.29 bits per heavy atom. The maximum absolute atomic E-state index is 5.59. The van der Waals surface area contributed by atoms with E-state index in [9.17, 15) is 0 Å². The molecule has 1 unspecified atom stereocenters. The second-order valence-corrected chi connectivity index (χ2v) is 4.00. The van der Waals surface area contributed by atoms with E-state index in [2.05, 4.69) is 28.5 Å². The maximum Gasteiger partial charge on any atom is 0.202 e. The molecule has 80 valence electrons. The highest BCUT2D eigenvalue weighted by molar-refractivity contribution is 7.09. The SMILES string of the molecule is CCCc1nsc(NC(CC)CN)n1. The molecule has 3 N–H and O–H groups in total. The normalized spacial score (nSPS) is 12.8. The van der Waals surface area contributed by atoms with E-state index in [-0.39, 0.29) is 0 Å². The highest BCUT2D eigenvalue weighted by Crippen LogP contribution is 2.13. The molecule has 0 fully saturated rings. The van der Waals surface area contributed by atoms with Crippen LogP contribution >= 0.6 is 11.5 Å². The Kier molecular flexibility index (Phi) is 4.82. The maximum atomic E-state index is 5.59. The van der Waals surface area contributed by atoms with Gasteiger partial charge in [-0.3, -0.25) is 0 Å². The Labute approximate surface area is 89.1 Å². The van der Waals surface area contributed by atoms with Crippen molar-refractivity contribution in [3.05, 3.63) is 5.82 Å².